The van der Waals surface area contributed by atoms with Gasteiger partial charge in [-0.3, -0.25) is 14.5 Å². The fourth-order valence-electron chi connectivity index (χ4n) is 5.35. The molecule has 2 amide bonds. The third-order valence-corrected chi connectivity index (χ3v) is 7.28. The second-order valence-electron chi connectivity index (χ2n) is 9.63. The number of para-hydroxylation sites is 1. The maximum Gasteiger partial charge on any atom is 0.261 e. The van der Waals surface area contributed by atoms with Crippen LogP contribution in [-0.2, 0) is 0 Å². The van der Waals surface area contributed by atoms with E-state index in [2.05, 4.69) is 4.90 Å². The quantitative estimate of drug-likeness (QED) is 0.410. The smallest absolute Gasteiger partial charge is 0.261 e. The van der Waals surface area contributed by atoms with Crippen LogP contribution in [0.4, 0.5) is 0 Å². The Morgan fingerprint density at radius 3 is 2.00 bits per heavy atom. The summed E-state index contributed by atoms with van der Waals surface area (Å²) in [6.45, 7) is 2.55. The zero-order valence-electron chi connectivity index (χ0n) is 21.6. The van der Waals surface area contributed by atoms with Crippen LogP contribution in [0.2, 0.25) is 0 Å². The Kier molecular flexibility index (Phi) is 8.76. The number of amides is 2. The predicted octanol–water partition coefficient (Wildman–Crippen LogP) is 4.03. The highest BCUT2D eigenvalue weighted by molar-refractivity contribution is 6.25. The predicted molar refractivity (Wildman–Crippen MR) is 147 cm³/mol. The molecule has 3 aromatic carbocycles. The van der Waals surface area contributed by atoms with Crippen LogP contribution in [0.25, 0.3) is 10.8 Å². The van der Waals surface area contributed by atoms with E-state index in [-0.39, 0.29) is 36.7 Å². The van der Waals surface area contributed by atoms with Crippen LogP contribution >= 0.6 is 12.4 Å². The van der Waals surface area contributed by atoms with Gasteiger partial charge in [-0.05, 0) is 61.5 Å². The monoisotopic (exact) mass is 540 g/mol. The Bertz CT molecular complexity index is 1230. The number of rotatable bonds is 9. The second kappa shape index (κ2) is 12.0. The molecule has 38 heavy (non-hydrogen) atoms. The summed E-state index contributed by atoms with van der Waals surface area (Å²) in [5.41, 5.74) is 1.19. The lowest BCUT2D eigenvalue weighted by Crippen LogP contribution is -2.46. The number of β-amino-alcohol motifs (C(OH)–C–C–N with tert-alkyl or cyclic N) is 1. The molecule has 2 aliphatic rings. The number of methoxy groups -OCH3 is 2. The molecule has 1 N–H and O–H groups in total. The molecule has 0 saturated carbocycles. The van der Waals surface area contributed by atoms with Crippen molar-refractivity contribution in [2.75, 3.05) is 47.0 Å². The van der Waals surface area contributed by atoms with Crippen molar-refractivity contribution in [3.63, 3.8) is 0 Å². The number of aliphatic hydroxyl groups is 1. The molecule has 202 valence electrons. The van der Waals surface area contributed by atoms with Gasteiger partial charge in [-0.25, -0.2) is 0 Å². The maximum absolute atomic E-state index is 13.2. The molecule has 3 aromatic rings. The topological polar surface area (TPSA) is 88.5 Å². The highest BCUT2D eigenvalue weighted by Crippen LogP contribution is 2.37. The summed E-state index contributed by atoms with van der Waals surface area (Å²) in [4.78, 5) is 30.0. The van der Waals surface area contributed by atoms with Gasteiger partial charge in [0.1, 0.15) is 12.7 Å². The molecule has 2 heterocycles. The van der Waals surface area contributed by atoms with Crippen LogP contribution in [-0.4, -0.2) is 79.8 Å². The Labute approximate surface area is 228 Å². The molecule has 2 aliphatic heterocycles. The van der Waals surface area contributed by atoms with Crippen LogP contribution in [0.1, 0.15) is 33.6 Å². The van der Waals surface area contributed by atoms with Gasteiger partial charge in [0.25, 0.3) is 11.8 Å². The number of likely N-dealkylation sites (tertiary alicyclic amines) is 1. The summed E-state index contributed by atoms with van der Waals surface area (Å²) >= 11 is 0. The van der Waals surface area contributed by atoms with E-state index in [4.69, 9.17) is 14.2 Å². The number of aliphatic hydroxyl groups excluding tert-OH is 1. The molecule has 1 unspecified atom stereocenters. The fourth-order valence-corrected chi connectivity index (χ4v) is 5.35. The Morgan fingerprint density at radius 1 is 0.895 bits per heavy atom. The Morgan fingerprint density at radius 2 is 1.45 bits per heavy atom. The van der Waals surface area contributed by atoms with Gasteiger partial charge in [-0.1, -0.05) is 30.3 Å². The van der Waals surface area contributed by atoms with Gasteiger partial charge in [-0.15, -0.1) is 12.4 Å². The maximum atomic E-state index is 13.2. The first-order chi connectivity index (χ1) is 18.0. The van der Waals surface area contributed by atoms with Crippen molar-refractivity contribution >= 4 is 35.0 Å². The van der Waals surface area contributed by atoms with E-state index in [1.165, 1.54) is 4.90 Å². The number of hydrogen-bond acceptors (Lipinski definition) is 7. The molecular formula is C29H33ClN2O6. The van der Waals surface area contributed by atoms with Gasteiger partial charge in [0.15, 0.2) is 11.5 Å². The molecule has 1 saturated heterocycles. The molecule has 1 atom stereocenters. The minimum absolute atomic E-state index is 0. The zero-order chi connectivity index (χ0) is 25.9. The van der Waals surface area contributed by atoms with E-state index < -0.39 is 6.10 Å². The van der Waals surface area contributed by atoms with Crippen molar-refractivity contribution < 1.29 is 28.9 Å². The fraction of sp³-hybridized carbons (Fsp3) is 0.379. The number of ether oxygens (including phenoxy) is 3. The third kappa shape index (κ3) is 5.43. The summed E-state index contributed by atoms with van der Waals surface area (Å²) in [6.07, 6.45) is 1.00. The van der Waals surface area contributed by atoms with Crippen LogP contribution in [0.5, 0.6) is 17.2 Å². The average molecular weight is 541 g/mol. The molecule has 9 heteroatoms. The molecule has 0 aliphatic carbocycles. The van der Waals surface area contributed by atoms with Crippen LogP contribution in [0.15, 0.2) is 54.6 Å². The van der Waals surface area contributed by atoms with Gasteiger partial charge < -0.3 is 24.2 Å². The number of piperidine rings is 1. The number of hydrogen-bond donors (Lipinski definition) is 1. The first-order valence-corrected chi connectivity index (χ1v) is 12.6. The van der Waals surface area contributed by atoms with Crippen molar-refractivity contribution in [3.8, 4) is 17.2 Å². The van der Waals surface area contributed by atoms with Crippen molar-refractivity contribution in [1.29, 1.82) is 0 Å². The van der Waals surface area contributed by atoms with Gasteiger partial charge >= 0.3 is 0 Å². The molecule has 8 nitrogen and oxygen atoms in total. The van der Waals surface area contributed by atoms with Crippen molar-refractivity contribution in [2.45, 2.75) is 18.9 Å². The van der Waals surface area contributed by atoms with Crippen LogP contribution < -0.4 is 14.2 Å². The summed E-state index contributed by atoms with van der Waals surface area (Å²) < 4.78 is 16.5. The molecule has 0 radical (unpaired) electrons. The lowest BCUT2D eigenvalue weighted by Gasteiger charge is -2.36. The first-order valence-electron chi connectivity index (χ1n) is 12.6. The lowest BCUT2D eigenvalue weighted by molar-refractivity contribution is 0.0446. The molecule has 0 aromatic heterocycles. The Balaban J connectivity index is 0.00000336. The standard InChI is InChI=1S/C29H32N2O6.ClH/c1-35-24-10-5-11-25(36-2)27(24)37-18-21(32)17-30-14-12-19(13-15-30)16-31-28(33)22-8-3-6-20-7-4-9-23(26(20)22)29(31)34;/h3-11,19,21,32H,12-18H2,1-2H3;1H. The largest absolute Gasteiger partial charge is 0.493 e. The summed E-state index contributed by atoms with van der Waals surface area (Å²) in [5, 5.41) is 12.3. The zero-order valence-corrected chi connectivity index (χ0v) is 22.4. The average Bonchev–Trinajstić information content (AvgIpc) is 2.93. The highest BCUT2D eigenvalue weighted by Gasteiger charge is 2.35. The van der Waals surface area contributed by atoms with Crippen LogP contribution in [0.3, 0.4) is 0 Å². The minimum Gasteiger partial charge on any atom is -0.493 e. The Hall–Kier alpha value is -3.33. The summed E-state index contributed by atoms with van der Waals surface area (Å²) in [6, 6.07) is 16.6. The second-order valence-corrected chi connectivity index (χ2v) is 9.63. The molecule has 0 bridgehead atoms. The molecule has 5 rings (SSSR count). The highest BCUT2D eigenvalue weighted by atomic mass is 35.5. The van der Waals surface area contributed by atoms with E-state index in [0.29, 0.717) is 41.5 Å². The van der Waals surface area contributed by atoms with Gasteiger partial charge in [0.2, 0.25) is 5.75 Å². The van der Waals surface area contributed by atoms with Crippen molar-refractivity contribution in [1.82, 2.24) is 9.80 Å². The SMILES string of the molecule is COc1cccc(OC)c1OCC(O)CN1CCC(CN2C(=O)c3cccc4cccc(c34)C2=O)CC1.Cl. The van der Waals surface area contributed by atoms with E-state index in [1.54, 1.807) is 38.5 Å². The summed E-state index contributed by atoms with van der Waals surface area (Å²) in [7, 11) is 3.12. The van der Waals surface area contributed by atoms with E-state index in [0.717, 1.165) is 36.7 Å². The number of imide groups is 1. The van der Waals surface area contributed by atoms with Crippen molar-refractivity contribution in [2.24, 2.45) is 5.92 Å². The first kappa shape index (κ1) is 27.7. The number of benzene rings is 3. The number of carbonyl (C=O) groups excluding carboxylic acids is 2. The van der Waals surface area contributed by atoms with E-state index in [1.807, 2.05) is 30.3 Å². The number of carbonyl (C=O) groups is 2. The van der Waals surface area contributed by atoms with Gasteiger partial charge in [0.05, 0.1) is 14.2 Å². The van der Waals surface area contributed by atoms with Crippen LogP contribution in [0, 0.1) is 5.92 Å². The number of halogens is 1. The normalized spacial score (nSPS) is 16.8. The lowest BCUT2D eigenvalue weighted by atomic mass is 9.91. The van der Waals surface area contributed by atoms with Gasteiger partial charge in [-0.2, -0.15) is 0 Å². The number of nitrogens with zero attached hydrogens (tertiary/aromatic N) is 2. The molecule has 1 fully saturated rings. The van der Waals surface area contributed by atoms with E-state index >= 15 is 0 Å². The van der Waals surface area contributed by atoms with Crippen molar-refractivity contribution in [3.05, 3.63) is 65.7 Å². The molecule has 0 spiro atoms. The third-order valence-electron chi connectivity index (χ3n) is 7.28. The minimum atomic E-state index is -0.687. The van der Waals surface area contributed by atoms with E-state index in [9.17, 15) is 14.7 Å². The van der Waals surface area contributed by atoms with Gasteiger partial charge in [0, 0.05) is 29.6 Å². The molecular weight excluding hydrogens is 508 g/mol. The summed E-state index contributed by atoms with van der Waals surface area (Å²) in [5.74, 6) is 1.37.